The van der Waals surface area contributed by atoms with Gasteiger partial charge in [0.05, 0.1) is 38.6 Å². The number of aliphatic hydroxyl groups is 4. The van der Waals surface area contributed by atoms with Gasteiger partial charge in [0.1, 0.15) is 30.1 Å². The molecule has 1 aromatic carbocycles. The Morgan fingerprint density at radius 2 is 1.14 bits per heavy atom. The summed E-state index contributed by atoms with van der Waals surface area (Å²) in [5.74, 6) is 0.514. The quantitative estimate of drug-likeness (QED) is 0.0681. The molecule has 13 nitrogen and oxygen atoms in total. The molecule has 3 atom stereocenters. The molecule has 2 aromatic rings. The average Bonchev–Trinajstić information content (AvgIpc) is 2.93. The Labute approximate surface area is 240 Å². The summed E-state index contributed by atoms with van der Waals surface area (Å²) in [6, 6.07) is 8.15. The van der Waals surface area contributed by atoms with Crippen LogP contribution >= 0.6 is 0 Å². The van der Waals surface area contributed by atoms with Crippen molar-refractivity contribution < 1.29 is 58.0 Å². The molecule has 0 amide bonds. The second-order valence-corrected chi connectivity index (χ2v) is 8.23. The number of fused-ring (bicyclic) bond motifs is 1. The maximum absolute atomic E-state index is 11.1. The van der Waals surface area contributed by atoms with Gasteiger partial charge in [-0.3, -0.25) is 0 Å². The van der Waals surface area contributed by atoms with E-state index < -0.39 is 30.0 Å². The summed E-state index contributed by atoms with van der Waals surface area (Å²) >= 11 is 0. The largest absolute Gasteiger partial charge is 0.553 e. The minimum Gasteiger partial charge on any atom is -0.553 e. The third-order valence-electron chi connectivity index (χ3n) is 4.44. The number of hydrogen-bond donors (Lipinski definition) is 4. The number of hydrogen-bond acceptors (Lipinski definition) is 13. The van der Waals surface area contributed by atoms with Crippen LogP contribution in [-0.4, -0.2) is 104 Å². The predicted octanol–water partition coefficient (Wildman–Crippen LogP) is 1.04. The Morgan fingerprint density at radius 1 is 0.698 bits per heavy atom. The van der Waals surface area contributed by atoms with Gasteiger partial charge in [-0.15, -0.1) is 6.58 Å². The topological polar surface area (TPSA) is 176 Å². The van der Waals surface area contributed by atoms with Gasteiger partial charge in [-0.1, -0.05) is 6.08 Å². The zero-order valence-corrected chi connectivity index (χ0v) is 37.3. The van der Waals surface area contributed by atoms with Crippen LogP contribution in [0.5, 0.6) is 5.75 Å². The molecule has 0 aliphatic heterocycles. The van der Waals surface area contributed by atoms with Crippen LogP contribution < -0.4 is 10.4 Å². The van der Waals surface area contributed by atoms with E-state index in [4.69, 9.17) is 28.8 Å². The van der Waals surface area contributed by atoms with Crippen LogP contribution in [0.4, 0.5) is 0 Å². The Hall–Kier alpha value is -4.43. The summed E-state index contributed by atoms with van der Waals surface area (Å²) in [5.41, 5.74) is 0.0352. The van der Waals surface area contributed by atoms with Crippen molar-refractivity contribution in [2.75, 3.05) is 59.5 Å². The van der Waals surface area contributed by atoms with Crippen molar-refractivity contribution in [3.63, 3.8) is 0 Å². The number of ether oxygens (including phenoxy) is 7. The molecule has 0 aliphatic carbocycles. The fourth-order valence-electron chi connectivity index (χ4n) is 2.69. The molecule has 0 bridgehead atoms. The van der Waals surface area contributed by atoms with Crippen LogP contribution in [0.1, 0.15) is 0 Å². The van der Waals surface area contributed by atoms with Crippen LogP contribution in [0.3, 0.4) is 0 Å². The number of aliphatic hydroxyl groups excluding tert-OH is 4. The van der Waals surface area contributed by atoms with Crippen molar-refractivity contribution in [3.8, 4) is 5.75 Å². The summed E-state index contributed by atoms with van der Waals surface area (Å²) in [6.45, 7) is 4.96. The minimum atomic E-state index is -0.749. The van der Waals surface area contributed by atoms with E-state index in [0.29, 0.717) is 17.9 Å². The SMILES string of the molecule is C=CCOCC(O)COCC(O)CO[CH2-].[CH2-]OCC(O)CO[CH2-].[CH2-]OCC(O)COc1ccc2ccc(=O)oc2c1.[Rf].[Rf]. The fourth-order valence-corrected chi connectivity index (χ4v) is 2.69. The molecule has 43 heavy (non-hydrogen) atoms. The van der Waals surface area contributed by atoms with E-state index in [2.05, 4.69) is 54.0 Å². The Kier molecular flexibility index (Phi) is 27.7. The van der Waals surface area contributed by atoms with Gasteiger partial charge in [0, 0.05) is 43.9 Å². The van der Waals surface area contributed by atoms with Crippen molar-refractivity contribution in [1.29, 1.82) is 0 Å². The smallest absolute Gasteiger partial charge is 0.336 e. The third-order valence-corrected chi connectivity index (χ3v) is 4.44. The van der Waals surface area contributed by atoms with Gasteiger partial charge in [0.15, 0.2) is 0 Å². The zero-order chi connectivity index (χ0) is 30.9. The normalized spacial score (nSPS) is 12.4. The fraction of sp³-hybridized carbons (Fsp3) is 0.464. The minimum absolute atomic E-state index is 0. The van der Waals surface area contributed by atoms with Crippen LogP contribution in [0, 0.1) is 28.4 Å². The second kappa shape index (κ2) is 27.7. The van der Waals surface area contributed by atoms with Gasteiger partial charge in [-0.2, -0.15) is 0 Å². The van der Waals surface area contributed by atoms with Crippen molar-refractivity contribution in [2.45, 2.75) is 24.4 Å². The van der Waals surface area contributed by atoms with Gasteiger partial charge in [-0.25, -0.2) is 33.2 Å². The van der Waals surface area contributed by atoms with Crippen LogP contribution in [-0.2, 0) is 28.4 Å². The summed E-state index contributed by atoms with van der Waals surface area (Å²) in [7, 11) is 12.4. The van der Waals surface area contributed by atoms with Gasteiger partial charge >= 0.3 is 5.63 Å². The average molecular weight is 1120 g/mol. The number of rotatable bonds is 19. The first-order valence-electron chi connectivity index (χ1n) is 12.3. The molecule has 0 radical (unpaired) electrons. The molecule has 0 aliphatic rings. The monoisotopic (exact) mass is 1120 g/mol. The third kappa shape index (κ3) is 22.9. The number of benzene rings is 1. The Bertz CT molecular complexity index is 958. The van der Waals surface area contributed by atoms with E-state index in [1.54, 1.807) is 30.3 Å². The van der Waals surface area contributed by atoms with Crippen molar-refractivity contribution in [2.24, 2.45) is 0 Å². The Balaban J connectivity index is -0.000000584. The predicted molar refractivity (Wildman–Crippen MR) is 149 cm³/mol. The molecular weight excluding hydrogens is 1080 g/mol. The molecule has 4 N–H and O–H groups in total. The summed E-state index contributed by atoms with van der Waals surface area (Å²) < 4.78 is 38.1. The van der Waals surface area contributed by atoms with Crippen LogP contribution in [0.15, 0.2) is 52.2 Å². The molecule has 0 spiro atoms. The first-order valence-corrected chi connectivity index (χ1v) is 12.3. The molecule has 240 valence electrons. The Morgan fingerprint density at radius 3 is 1.65 bits per heavy atom. The zero-order valence-electron chi connectivity index (χ0n) is 24.6. The first kappa shape index (κ1) is 43.0. The van der Waals surface area contributed by atoms with Crippen LogP contribution in [0.2, 0.25) is 0 Å². The van der Waals surface area contributed by atoms with Crippen molar-refractivity contribution >= 4 is 11.0 Å². The molecule has 3 unspecified atom stereocenters. The van der Waals surface area contributed by atoms with E-state index in [1.165, 1.54) is 6.07 Å². The molecule has 2 rings (SSSR count). The molecule has 1 heterocycles. The summed E-state index contributed by atoms with van der Waals surface area (Å²) in [5, 5.41) is 37.4. The summed E-state index contributed by atoms with van der Waals surface area (Å²) in [6.07, 6.45) is -1.17. The molecule has 0 saturated heterocycles. The standard InChI is InChI=1S/C13H13O5.C10H19O5.C5H10O3.2Rf/c1-16-7-10(14)8-17-11-4-2-9-3-5-13(15)18-12(9)6-11;1-3-4-14-6-10(12)8-15-7-9(11)5-13-2;1-7-3-5(6)4-8-2;;/h2-6,10,14H,1,7-8H2;3,9-12H,1-2,4-8H2;5-6H,1-4H2;;/q2*-1;-2;;. The van der Waals surface area contributed by atoms with Gasteiger partial charge < -0.3 is 58.0 Å². The maximum Gasteiger partial charge on any atom is 0.336 e. The van der Waals surface area contributed by atoms with Crippen molar-refractivity contribution in [3.05, 3.63) is 81.8 Å². The molecule has 1 aromatic heterocycles. The van der Waals surface area contributed by atoms with E-state index in [1.807, 2.05) is 0 Å². The second-order valence-electron chi connectivity index (χ2n) is 8.23. The van der Waals surface area contributed by atoms with E-state index in [-0.39, 0.29) is 52.9 Å². The summed E-state index contributed by atoms with van der Waals surface area (Å²) in [4.78, 5) is 11.1. The van der Waals surface area contributed by atoms with E-state index in [9.17, 15) is 15.0 Å². The van der Waals surface area contributed by atoms with Gasteiger partial charge in [0.25, 0.3) is 0 Å². The van der Waals surface area contributed by atoms with Crippen LogP contribution in [0.25, 0.3) is 11.0 Å². The van der Waals surface area contributed by atoms with E-state index in [0.717, 1.165) is 5.39 Å². The molecule has 0 saturated carbocycles. The van der Waals surface area contributed by atoms with E-state index >= 15 is 0 Å². The molecule has 0 fully saturated rings. The molecule has 15 heteroatoms. The molecular formula is C28H42O13Rf2-4. The maximum atomic E-state index is 11.1. The van der Waals surface area contributed by atoms with Crippen molar-refractivity contribution in [1.82, 2.24) is 0 Å². The first-order chi connectivity index (χ1) is 19.7. The van der Waals surface area contributed by atoms with Gasteiger partial charge in [-0.05, 0) is 18.2 Å². The van der Waals surface area contributed by atoms with Gasteiger partial charge in [0.2, 0.25) is 0 Å².